The van der Waals surface area contributed by atoms with Gasteiger partial charge in [0.05, 0.1) is 6.42 Å². The van der Waals surface area contributed by atoms with Crippen molar-refractivity contribution < 1.29 is 9.90 Å². The van der Waals surface area contributed by atoms with Crippen LogP contribution >= 0.6 is 0 Å². The monoisotopic (exact) mass is 249 g/mol. The molecule has 0 aliphatic heterocycles. The molecule has 1 unspecified atom stereocenters. The van der Waals surface area contributed by atoms with Gasteiger partial charge in [0, 0.05) is 17.9 Å². The van der Waals surface area contributed by atoms with E-state index >= 15 is 0 Å². The highest BCUT2D eigenvalue weighted by Crippen LogP contribution is 2.26. The zero-order valence-corrected chi connectivity index (χ0v) is 10.9. The molecule has 1 aromatic heterocycles. The van der Waals surface area contributed by atoms with E-state index in [1.54, 1.807) is 0 Å². The van der Waals surface area contributed by atoms with Gasteiger partial charge >= 0.3 is 5.97 Å². The predicted octanol–water partition coefficient (Wildman–Crippen LogP) is 1.80. The Kier molecular flexibility index (Phi) is 3.79. The van der Waals surface area contributed by atoms with Gasteiger partial charge in [-0.1, -0.05) is 6.92 Å². The second-order valence-electron chi connectivity index (χ2n) is 4.98. The lowest BCUT2D eigenvalue weighted by Crippen LogP contribution is -2.18. The van der Waals surface area contributed by atoms with Crippen molar-refractivity contribution in [2.45, 2.75) is 39.5 Å². The lowest BCUT2D eigenvalue weighted by atomic mass is 9.87. The van der Waals surface area contributed by atoms with Gasteiger partial charge in [-0.2, -0.15) is 0 Å². The van der Waals surface area contributed by atoms with Crippen molar-refractivity contribution in [2.75, 3.05) is 11.9 Å². The van der Waals surface area contributed by atoms with Gasteiger partial charge in [-0.15, -0.1) is 0 Å². The van der Waals surface area contributed by atoms with Crippen molar-refractivity contribution in [3.05, 3.63) is 17.0 Å². The van der Waals surface area contributed by atoms with Crippen LogP contribution in [-0.4, -0.2) is 27.6 Å². The molecule has 2 N–H and O–H groups in total. The van der Waals surface area contributed by atoms with E-state index in [2.05, 4.69) is 22.2 Å². The van der Waals surface area contributed by atoms with Gasteiger partial charge in [-0.3, -0.25) is 4.79 Å². The molecule has 1 atom stereocenters. The second-order valence-corrected chi connectivity index (χ2v) is 4.98. The molecule has 5 heteroatoms. The summed E-state index contributed by atoms with van der Waals surface area (Å²) in [5.74, 6) is 0.443. The van der Waals surface area contributed by atoms with Gasteiger partial charge in [-0.05, 0) is 37.7 Å². The zero-order chi connectivity index (χ0) is 13.1. The van der Waals surface area contributed by atoms with Gasteiger partial charge < -0.3 is 10.4 Å². The summed E-state index contributed by atoms with van der Waals surface area (Å²) < 4.78 is 0. The van der Waals surface area contributed by atoms with Crippen LogP contribution in [0, 0.1) is 12.8 Å². The molecule has 0 saturated heterocycles. The van der Waals surface area contributed by atoms with Crippen molar-refractivity contribution in [3.63, 3.8) is 0 Å². The van der Waals surface area contributed by atoms with E-state index in [1.165, 1.54) is 5.56 Å². The summed E-state index contributed by atoms with van der Waals surface area (Å²) in [4.78, 5) is 19.3. The van der Waals surface area contributed by atoms with Crippen LogP contribution in [0.3, 0.4) is 0 Å². The van der Waals surface area contributed by atoms with Crippen molar-refractivity contribution >= 4 is 11.9 Å². The molecule has 98 valence electrons. The fourth-order valence-electron chi connectivity index (χ4n) is 2.32. The average molecular weight is 249 g/mol. The Bertz CT molecular complexity index is 460. The van der Waals surface area contributed by atoms with Crippen LogP contribution in [0.1, 0.15) is 36.7 Å². The average Bonchev–Trinajstić information content (AvgIpc) is 2.30. The molecule has 0 saturated carbocycles. The predicted molar refractivity (Wildman–Crippen MR) is 68.7 cm³/mol. The molecular formula is C13H19N3O2. The van der Waals surface area contributed by atoms with Gasteiger partial charge in [0.25, 0.3) is 0 Å². The quantitative estimate of drug-likeness (QED) is 0.851. The third-order valence-electron chi connectivity index (χ3n) is 3.35. The normalized spacial score (nSPS) is 18.2. The zero-order valence-electron chi connectivity index (χ0n) is 10.9. The minimum absolute atomic E-state index is 0.0799. The van der Waals surface area contributed by atoms with Gasteiger partial charge in [-0.25, -0.2) is 9.97 Å². The standard InChI is InChI=1S/C13H19N3O2/c1-8-3-4-11-10(7-8)9(2)15-13(16-11)14-6-5-12(17)18/h8H,3-7H2,1-2H3,(H,17,18)(H,14,15,16). The second kappa shape index (κ2) is 5.33. The molecule has 1 aliphatic carbocycles. The molecule has 0 amide bonds. The maximum Gasteiger partial charge on any atom is 0.305 e. The molecule has 0 fully saturated rings. The first kappa shape index (κ1) is 12.8. The van der Waals surface area contributed by atoms with Crippen LogP contribution in [0.2, 0.25) is 0 Å². The molecule has 1 heterocycles. The number of anilines is 1. The Hall–Kier alpha value is -1.65. The summed E-state index contributed by atoms with van der Waals surface area (Å²) in [7, 11) is 0. The number of fused-ring (bicyclic) bond motifs is 1. The minimum Gasteiger partial charge on any atom is -0.481 e. The lowest BCUT2D eigenvalue weighted by Gasteiger charge is -2.22. The lowest BCUT2D eigenvalue weighted by molar-refractivity contribution is -0.136. The Morgan fingerprint density at radius 2 is 2.28 bits per heavy atom. The van der Waals surface area contributed by atoms with E-state index in [0.717, 1.165) is 30.7 Å². The largest absolute Gasteiger partial charge is 0.481 e. The number of aryl methyl sites for hydroxylation is 2. The summed E-state index contributed by atoms with van der Waals surface area (Å²) in [6.07, 6.45) is 3.29. The van der Waals surface area contributed by atoms with Gasteiger partial charge in [0.2, 0.25) is 5.95 Å². The Morgan fingerprint density at radius 3 is 3.00 bits per heavy atom. The van der Waals surface area contributed by atoms with Gasteiger partial charge in [0.1, 0.15) is 0 Å². The number of hydrogen-bond acceptors (Lipinski definition) is 4. The topological polar surface area (TPSA) is 75.1 Å². The van der Waals surface area contributed by atoms with Crippen LogP contribution in [-0.2, 0) is 17.6 Å². The minimum atomic E-state index is -0.814. The first-order valence-corrected chi connectivity index (χ1v) is 6.38. The van der Waals surface area contributed by atoms with Crippen LogP contribution in [0.5, 0.6) is 0 Å². The number of aromatic nitrogens is 2. The van der Waals surface area contributed by atoms with E-state index in [-0.39, 0.29) is 6.42 Å². The van der Waals surface area contributed by atoms with Crippen molar-refractivity contribution in [1.29, 1.82) is 0 Å². The molecule has 18 heavy (non-hydrogen) atoms. The van der Waals surface area contributed by atoms with Gasteiger partial charge in [0.15, 0.2) is 0 Å². The fourth-order valence-corrected chi connectivity index (χ4v) is 2.32. The summed E-state index contributed by atoms with van der Waals surface area (Å²) in [6, 6.07) is 0. The number of nitrogens with zero attached hydrogens (tertiary/aromatic N) is 2. The van der Waals surface area contributed by atoms with E-state index in [9.17, 15) is 4.79 Å². The van der Waals surface area contributed by atoms with Crippen LogP contribution in [0.15, 0.2) is 0 Å². The first-order valence-electron chi connectivity index (χ1n) is 6.38. The molecule has 5 nitrogen and oxygen atoms in total. The number of carboxylic acids is 1. The number of nitrogens with one attached hydrogen (secondary N) is 1. The highest BCUT2D eigenvalue weighted by atomic mass is 16.4. The fraction of sp³-hybridized carbons (Fsp3) is 0.615. The van der Waals surface area contributed by atoms with Crippen molar-refractivity contribution in [1.82, 2.24) is 9.97 Å². The number of carbonyl (C=O) groups is 1. The molecule has 0 radical (unpaired) electrons. The number of carboxylic acid groups (broad SMARTS) is 1. The van der Waals surface area contributed by atoms with E-state index in [0.29, 0.717) is 18.4 Å². The van der Waals surface area contributed by atoms with Crippen LogP contribution < -0.4 is 5.32 Å². The first-order chi connectivity index (χ1) is 8.56. The molecule has 2 rings (SSSR count). The van der Waals surface area contributed by atoms with Crippen molar-refractivity contribution in [2.24, 2.45) is 5.92 Å². The van der Waals surface area contributed by atoms with E-state index < -0.39 is 5.97 Å². The summed E-state index contributed by atoms with van der Waals surface area (Å²) in [6.45, 7) is 4.62. The summed E-state index contributed by atoms with van der Waals surface area (Å²) in [5.41, 5.74) is 3.42. The van der Waals surface area contributed by atoms with Crippen molar-refractivity contribution in [3.8, 4) is 0 Å². The molecular weight excluding hydrogens is 230 g/mol. The maximum atomic E-state index is 10.4. The van der Waals surface area contributed by atoms with E-state index in [1.807, 2.05) is 6.92 Å². The third kappa shape index (κ3) is 2.97. The van der Waals surface area contributed by atoms with Crippen LogP contribution in [0.25, 0.3) is 0 Å². The third-order valence-corrected chi connectivity index (χ3v) is 3.35. The van der Waals surface area contributed by atoms with Crippen LogP contribution in [0.4, 0.5) is 5.95 Å². The SMILES string of the molecule is Cc1nc(NCCC(=O)O)nc2c1CC(C)CC2. The number of rotatable bonds is 4. The summed E-state index contributed by atoms with van der Waals surface area (Å²) in [5, 5.41) is 11.6. The molecule has 0 aromatic carbocycles. The highest BCUT2D eigenvalue weighted by Gasteiger charge is 2.19. The molecule has 0 bridgehead atoms. The Balaban J connectivity index is 2.10. The summed E-state index contributed by atoms with van der Waals surface area (Å²) >= 11 is 0. The highest BCUT2D eigenvalue weighted by molar-refractivity contribution is 5.67. The number of aliphatic carboxylic acids is 1. The smallest absolute Gasteiger partial charge is 0.305 e. The van der Waals surface area contributed by atoms with E-state index in [4.69, 9.17) is 5.11 Å². The number of hydrogen-bond donors (Lipinski definition) is 2. The Morgan fingerprint density at radius 1 is 1.50 bits per heavy atom. The molecule has 1 aliphatic rings. The Labute approximate surface area is 107 Å². The maximum absolute atomic E-state index is 10.4. The molecule has 0 spiro atoms. The molecule has 1 aromatic rings.